The van der Waals surface area contributed by atoms with Gasteiger partial charge >= 0.3 is 0 Å². The van der Waals surface area contributed by atoms with Gasteiger partial charge in [-0.15, -0.1) is 0 Å². The van der Waals surface area contributed by atoms with Crippen LogP contribution in [-0.4, -0.2) is 33.8 Å². The van der Waals surface area contributed by atoms with E-state index in [1.54, 1.807) is 19.2 Å². The molecule has 130 valence electrons. The summed E-state index contributed by atoms with van der Waals surface area (Å²) in [7, 11) is 1.56. The van der Waals surface area contributed by atoms with Gasteiger partial charge in [-0.25, -0.2) is 9.97 Å². The molecule has 1 atom stereocenters. The maximum Gasteiger partial charge on any atom is 0.243 e. The maximum atomic E-state index is 5.87. The highest BCUT2D eigenvalue weighted by Crippen LogP contribution is 2.33. The Morgan fingerprint density at radius 3 is 3.04 bits per heavy atom. The predicted octanol–water partition coefficient (Wildman–Crippen LogP) is 1.61. The molecular formula is C16H18N6O3. The first-order valence-electron chi connectivity index (χ1n) is 8.01. The summed E-state index contributed by atoms with van der Waals surface area (Å²) in [6.07, 6.45) is 3.52. The van der Waals surface area contributed by atoms with Crippen LogP contribution in [0.2, 0.25) is 0 Å². The third-order valence-electron chi connectivity index (χ3n) is 4.15. The van der Waals surface area contributed by atoms with Crippen LogP contribution in [-0.2, 0) is 6.61 Å². The lowest BCUT2D eigenvalue weighted by Gasteiger charge is -2.11. The van der Waals surface area contributed by atoms with Gasteiger partial charge < -0.3 is 25.0 Å². The van der Waals surface area contributed by atoms with Gasteiger partial charge in [-0.1, -0.05) is 5.16 Å². The van der Waals surface area contributed by atoms with Gasteiger partial charge in [-0.3, -0.25) is 0 Å². The molecule has 25 heavy (non-hydrogen) atoms. The summed E-state index contributed by atoms with van der Waals surface area (Å²) in [6.45, 7) is 1.14. The third-order valence-corrected chi connectivity index (χ3v) is 4.15. The van der Waals surface area contributed by atoms with Crippen molar-refractivity contribution in [3.05, 3.63) is 30.2 Å². The van der Waals surface area contributed by atoms with Crippen molar-refractivity contribution in [2.45, 2.75) is 25.5 Å². The molecule has 1 aliphatic rings. The van der Waals surface area contributed by atoms with E-state index in [2.05, 4.69) is 25.4 Å². The molecule has 4 rings (SSSR count). The molecule has 0 bridgehead atoms. The lowest BCUT2D eigenvalue weighted by molar-refractivity contribution is 0.268. The topological polar surface area (TPSA) is 121 Å². The predicted molar refractivity (Wildman–Crippen MR) is 89.1 cm³/mol. The Hall–Kier alpha value is -2.94. The molecule has 1 aliphatic heterocycles. The van der Waals surface area contributed by atoms with Crippen LogP contribution < -0.4 is 20.5 Å². The summed E-state index contributed by atoms with van der Waals surface area (Å²) < 4.78 is 16.5. The average molecular weight is 342 g/mol. The maximum absolute atomic E-state index is 5.87. The highest BCUT2D eigenvalue weighted by atomic mass is 16.5. The Labute approximate surface area is 143 Å². The molecule has 3 heterocycles. The van der Waals surface area contributed by atoms with Crippen molar-refractivity contribution in [1.29, 1.82) is 0 Å². The molecule has 3 N–H and O–H groups in total. The number of nitrogens with two attached hydrogens (primary N) is 1. The monoisotopic (exact) mass is 342 g/mol. The van der Waals surface area contributed by atoms with Crippen LogP contribution in [0.5, 0.6) is 11.5 Å². The lowest BCUT2D eigenvalue weighted by atomic mass is 10.2. The highest BCUT2D eigenvalue weighted by molar-refractivity contribution is 5.90. The first-order chi connectivity index (χ1) is 12.2. The van der Waals surface area contributed by atoms with Crippen molar-refractivity contribution in [2.24, 2.45) is 0 Å². The Balaban J connectivity index is 1.54. The molecule has 9 heteroatoms. The zero-order valence-electron chi connectivity index (χ0n) is 13.7. The largest absolute Gasteiger partial charge is 0.493 e. The van der Waals surface area contributed by atoms with Gasteiger partial charge in [0.05, 0.1) is 18.7 Å². The zero-order valence-corrected chi connectivity index (χ0v) is 13.7. The molecule has 1 unspecified atom stereocenters. The van der Waals surface area contributed by atoms with E-state index in [4.69, 9.17) is 19.7 Å². The van der Waals surface area contributed by atoms with Crippen molar-refractivity contribution in [3.8, 4) is 11.5 Å². The molecule has 0 saturated carbocycles. The number of nitrogen functional groups attached to an aromatic ring is 1. The average Bonchev–Trinajstić information content (AvgIpc) is 3.31. The van der Waals surface area contributed by atoms with Crippen LogP contribution >= 0.6 is 0 Å². The number of aromatic nitrogens is 4. The molecule has 9 nitrogen and oxygen atoms in total. The summed E-state index contributed by atoms with van der Waals surface area (Å²) in [4.78, 5) is 12.6. The number of anilines is 1. The minimum atomic E-state index is 0.135. The molecule has 2 aromatic heterocycles. The number of benzene rings is 1. The quantitative estimate of drug-likeness (QED) is 0.712. The summed E-state index contributed by atoms with van der Waals surface area (Å²) >= 11 is 0. The van der Waals surface area contributed by atoms with Crippen LogP contribution in [0.1, 0.15) is 30.6 Å². The molecule has 1 fully saturated rings. The fourth-order valence-electron chi connectivity index (χ4n) is 2.86. The van der Waals surface area contributed by atoms with Crippen LogP contribution in [0, 0.1) is 0 Å². The van der Waals surface area contributed by atoms with E-state index in [-0.39, 0.29) is 12.6 Å². The number of fused-ring (bicyclic) bond motifs is 1. The fraction of sp³-hybridized carbons (Fsp3) is 0.375. The summed E-state index contributed by atoms with van der Waals surface area (Å²) in [6, 6.07) is 3.65. The van der Waals surface area contributed by atoms with Crippen molar-refractivity contribution < 1.29 is 14.0 Å². The summed E-state index contributed by atoms with van der Waals surface area (Å²) in [5, 5.41) is 8.00. The van der Waals surface area contributed by atoms with Gasteiger partial charge in [0.15, 0.2) is 18.1 Å². The molecule has 3 aromatic rings. The second-order valence-corrected chi connectivity index (χ2v) is 5.77. The molecule has 1 saturated heterocycles. The molecular weight excluding hydrogens is 324 g/mol. The van der Waals surface area contributed by atoms with E-state index in [1.807, 2.05) is 0 Å². The number of rotatable bonds is 5. The van der Waals surface area contributed by atoms with E-state index < -0.39 is 0 Å². The van der Waals surface area contributed by atoms with Crippen molar-refractivity contribution in [3.63, 3.8) is 0 Å². The SMILES string of the molecule is COc1cc2c(N)ncnc2cc1OCc1noc(C2CCCN2)n1. The highest BCUT2D eigenvalue weighted by Gasteiger charge is 2.22. The first-order valence-corrected chi connectivity index (χ1v) is 8.01. The van der Waals surface area contributed by atoms with Crippen molar-refractivity contribution in [2.75, 3.05) is 19.4 Å². The number of nitrogens with zero attached hydrogens (tertiary/aromatic N) is 4. The molecule has 1 aromatic carbocycles. The molecule has 0 amide bonds. The second kappa shape index (κ2) is 6.52. The van der Waals surface area contributed by atoms with E-state index in [1.165, 1.54) is 6.33 Å². The summed E-state index contributed by atoms with van der Waals surface area (Å²) in [5.74, 6) is 2.53. The molecule has 0 spiro atoms. The van der Waals surface area contributed by atoms with Crippen molar-refractivity contribution >= 4 is 16.7 Å². The second-order valence-electron chi connectivity index (χ2n) is 5.77. The van der Waals surface area contributed by atoms with Gasteiger partial charge in [-0.05, 0) is 25.5 Å². The van der Waals surface area contributed by atoms with E-state index in [9.17, 15) is 0 Å². The Kier molecular flexibility index (Phi) is 4.06. The molecule has 0 radical (unpaired) electrons. The van der Waals surface area contributed by atoms with Crippen LogP contribution in [0.25, 0.3) is 10.9 Å². The Morgan fingerprint density at radius 2 is 2.24 bits per heavy atom. The number of nitrogens with one attached hydrogen (secondary N) is 1. The Morgan fingerprint density at radius 1 is 1.32 bits per heavy atom. The van der Waals surface area contributed by atoms with Crippen molar-refractivity contribution in [1.82, 2.24) is 25.4 Å². The third kappa shape index (κ3) is 3.05. The minimum absolute atomic E-state index is 0.135. The molecule has 0 aliphatic carbocycles. The van der Waals surface area contributed by atoms with E-state index in [0.29, 0.717) is 39.9 Å². The van der Waals surface area contributed by atoms with Crippen LogP contribution in [0.4, 0.5) is 5.82 Å². The van der Waals surface area contributed by atoms with Gasteiger partial charge in [0, 0.05) is 11.5 Å². The van der Waals surface area contributed by atoms with Gasteiger partial charge in [0.2, 0.25) is 11.7 Å². The first kappa shape index (κ1) is 15.6. The Bertz CT molecular complexity index is 891. The van der Waals surface area contributed by atoms with Crippen LogP contribution in [0.15, 0.2) is 23.0 Å². The number of ether oxygens (including phenoxy) is 2. The lowest BCUT2D eigenvalue weighted by Crippen LogP contribution is -2.13. The smallest absolute Gasteiger partial charge is 0.243 e. The number of hydrogen-bond acceptors (Lipinski definition) is 9. The van der Waals surface area contributed by atoms with Gasteiger partial charge in [-0.2, -0.15) is 4.98 Å². The number of hydrogen-bond donors (Lipinski definition) is 2. The van der Waals surface area contributed by atoms with Crippen LogP contribution in [0.3, 0.4) is 0 Å². The van der Waals surface area contributed by atoms with E-state index >= 15 is 0 Å². The number of methoxy groups -OCH3 is 1. The van der Waals surface area contributed by atoms with Gasteiger partial charge in [0.25, 0.3) is 0 Å². The summed E-state index contributed by atoms with van der Waals surface area (Å²) in [5.41, 5.74) is 6.54. The normalized spacial score (nSPS) is 17.1. The van der Waals surface area contributed by atoms with E-state index in [0.717, 1.165) is 19.4 Å². The van der Waals surface area contributed by atoms with Gasteiger partial charge in [0.1, 0.15) is 12.1 Å². The standard InChI is InChI=1S/C16H18N6O3/c1-23-12-5-9-11(19-8-20-15(9)17)6-13(12)24-7-14-21-16(25-22-14)10-3-2-4-18-10/h5-6,8,10,18H,2-4,7H2,1H3,(H2,17,19,20). The minimum Gasteiger partial charge on any atom is -0.493 e. The fourth-order valence-corrected chi connectivity index (χ4v) is 2.86. The zero-order chi connectivity index (χ0) is 17.2.